The molecular formula is C15H16ClN3OS. The second kappa shape index (κ2) is 5.75. The summed E-state index contributed by atoms with van der Waals surface area (Å²) in [5.74, 6) is -0.0222. The van der Waals surface area contributed by atoms with E-state index in [0.717, 1.165) is 28.4 Å². The van der Waals surface area contributed by atoms with Gasteiger partial charge in [-0.1, -0.05) is 23.7 Å². The largest absolute Gasteiger partial charge is 0.333 e. The Balaban J connectivity index is 1.96. The number of nitrogens with two attached hydrogens (primary N) is 1. The molecule has 2 heterocycles. The Kier molecular flexibility index (Phi) is 3.97. The molecular weight excluding hydrogens is 306 g/mol. The van der Waals surface area contributed by atoms with E-state index >= 15 is 0 Å². The van der Waals surface area contributed by atoms with Crippen LogP contribution in [-0.4, -0.2) is 34.9 Å². The molecule has 1 fully saturated rings. The van der Waals surface area contributed by atoms with E-state index in [9.17, 15) is 4.79 Å². The molecule has 2 N–H and O–H groups in total. The van der Waals surface area contributed by atoms with Gasteiger partial charge < -0.3 is 10.6 Å². The molecule has 0 aliphatic carbocycles. The number of likely N-dealkylation sites (tertiary alicyclic amines) is 1. The Labute approximate surface area is 132 Å². The molecule has 1 atom stereocenters. The second-order valence-corrected chi connectivity index (χ2v) is 6.73. The summed E-state index contributed by atoms with van der Waals surface area (Å²) in [5, 5.41) is 1.56. The zero-order valence-electron chi connectivity index (χ0n) is 11.7. The summed E-state index contributed by atoms with van der Waals surface area (Å²) < 4.78 is 0. The van der Waals surface area contributed by atoms with Crippen LogP contribution in [0, 0.1) is 6.92 Å². The Morgan fingerprint density at radius 2 is 2.19 bits per heavy atom. The first-order valence-corrected chi connectivity index (χ1v) is 8.04. The van der Waals surface area contributed by atoms with Crippen LogP contribution in [0.15, 0.2) is 24.3 Å². The van der Waals surface area contributed by atoms with Crippen LogP contribution < -0.4 is 5.73 Å². The summed E-state index contributed by atoms with van der Waals surface area (Å²) in [5.41, 5.74) is 7.18. The monoisotopic (exact) mass is 321 g/mol. The van der Waals surface area contributed by atoms with Crippen LogP contribution in [0.2, 0.25) is 5.02 Å². The molecule has 2 aromatic rings. The highest BCUT2D eigenvalue weighted by Gasteiger charge is 2.34. The standard InChI is InChI=1S/C15H16ClN3OS/c1-9-18-13(15(20)19-7-6-12(19)8-17)14(21-9)10-2-4-11(16)5-3-10/h2-5,12H,6-8,17H2,1H3. The lowest BCUT2D eigenvalue weighted by molar-refractivity contribution is 0.0477. The molecule has 1 unspecified atom stereocenters. The van der Waals surface area contributed by atoms with Crippen LogP contribution in [0.4, 0.5) is 0 Å². The van der Waals surface area contributed by atoms with E-state index in [1.54, 1.807) is 0 Å². The van der Waals surface area contributed by atoms with E-state index in [0.29, 0.717) is 17.3 Å². The number of thiazole rings is 1. The third kappa shape index (κ3) is 2.69. The topological polar surface area (TPSA) is 59.2 Å². The van der Waals surface area contributed by atoms with Crippen molar-refractivity contribution in [3.8, 4) is 10.4 Å². The minimum atomic E-state index is -0.0222. The molecule has 3 rings (SSSR count). The average molecular weight is 322 g/mol. The minimum Gasteiger partial charge on any atom is -0.333 e. The first-order valence-electron chi connectivity index (χ1n) is 6.84. The molecule has 0 bridgehead atoms. The Bertz CT molecular complexity index is 666. The average Bonchev–Trinajstić information content (AvgIpc) is 2.81. The van der Waals surface area contributed by atoms with Gasteiger partial charge in [0.25, 0.3) is 5.91 Å². The number of halogens is 1. The molecule has 0 saturated carbocycles. The van der Waals surface area contributed by atoms with Crippen molar-refractivity contribution < 1.29 is 4.79 Å². The number of nitrogens with zero attached hydrogens (tertiary/aromatic N) is 2. The number of rotatable bonds is 3. The number of amides is 1. The van der Waals surface area contributed by atoms with Crippen molar-refractivity contribution >= 4 is 28.8 Å². The number of carbonyl (C=O) groups is 1. The van der Waals surface area contributed by atoms with E-state index in [1.165, 1.54) is 11.3 Å². The minimum absolute atomic E-state index is 0.0222. The van der Waals surface area contributed by atoms with E-state index in [-0.39, 0.29) is 11.9 Å². The van der Waals surface area contributed by atoms with Gasteiger partial charge in [-0.05, 0) is 31.0 Å². The lowest BCUT2D eigenvalue weighted by Gasteiger charge is -2.40. The van der Waals surface area contributed by atoms with Gasteiger partial charge in [-0.2, -0.15) is 0 Å². The molecule has 1 amide bonds. The first kappa shape index (κ1) is 14.5. The van der Waals surface area contributed by atoms with Gasteiger partial charge in [-0.15, -0.1) is 11.3 Å². The third-order valence-electron chi connectivity index (χ3n) is 3.72. The maximum atomic E-state index is 12.7. The zero-order valence-corrected chi connectivity index (χ0v) is 13.2. The molecule has 1 aliphatic heterocycles. The summed E-state index contributed by atoms with van der Waals surface area (Å²) in [7, 11) is 0. The number of hydrogen-bond donors (Lipinski definition) is 1. The number of aryl methyl sites for hydroxylation is 1. The molecule has 0 spiro atoms. The highest BCUT2D eigenvalue weighted by molar-refractivity contribution is 7.15. The molecule has 4 nitrogen and oxygen atoms in total. The van der Waals surface area contributed by atoms with Gasteiger partial charge in [0, 0.05) is 24.2 Å². The van der Waals surface area contributed by atoms with E-state index < -0.39 is 0 Å². The zero-order chi connectivity index (χ0) is 15.0. The molecule has 21 heavy (non-hydrogen) atoms. The number of carbonyl (C=O) groups excluding carboxylic acids is 1. The van der Waals surface area contributed by atoms with Crippen LogP contribution in [0.25, 0.3) is 10.4 Å². The SMILES string of the molecule is Cc1nc(C(=O)N2CCC2CN)c(-c2ccc(Cl)cc2)s1. The van der Waals surface area contributed by atoms with Crippen molar-refractivity contribution in [1.82, 2.24) is 9.88 Å². The van der Waals surface area contributed by atoms with E-state index in [2.05, 4.69) is 4.98 Å². The predicted molar refractivity (Wildman–Crippen MR) is 85.8 cm³/mol. The van der Waals surface area contributed by atoms with Crippen molar-refractivity contribution in [2.75, 3.05) is 13.1 Å². The maximum absolute atomic E-state index is 12.7. The summed E-state index contributed by atoms with van der Waals surface area (Å²) in [6.45, 7) is 3.18. The van der Waals surface area contributed by atoms with Crippen LogP contribution in [-0.2, 0) is 0 Å². The summed E-state index contributed by atoms with van der Waals surface area (Å²) in [6, 6.07) is 7.64. The summed E-state index contributed by atoms with van der Waals surface area (Å²) in [6.07, 6.45) is 0.974. The highest BCUT2D eigenvalue weighted by atomic mass is 35.5. The number of hydrogen-bond acceptors (Lipinski definition) is 4. The van der Waals surface area contributed by atoms with Crippen LogP contribution >= 0.6 is 22.9 Å². The molecule has 1 aromatic carbocycles. The van der Waals surface area contributed by atoms with Gasteiger partial charge in [0.15, 0.2) is 0 Å². The van der Waals surface area contributed by atoms with Crippen LogP contribution in [0.3, 0.4) is 0 Å². The third-order valence-corrected chi connectivity index (χ3v) is 4.99. The lowest BCUT2D eigenvalue weighted by atomic mass is 10.0. The molecule has 1 aliphatic rings. The van der Waals surface area contributed by atoms with Gasteiger partial charge in [0.2, 0.25) is 0 Å². The fourth-order valence-corrected chi connectivity index (χ4v) is 3.50. The normalized spacial score (nSPS) is 17.7. The predicted octanol–water partition coefficient (Wildman–Crippen LogP) is 2.95. The van der Waals surface area contributed by atoms with Crippen molar-refractivity contribution in [3.63, 3.8) is 0 Å². The van der Waals surface area contributed by atoms with Gasteiger partial charge in [-0.3, -0.25) is 4.79 Å². The van der Waals surface area contributed by atoms with Crippen LogP contribution in [0.5, 0.6) is 0 Å². The summed E-state index contributed by atoms with van der Waals surface area (Å²) in [4.78, 5) is 19.8. The second-order valence-electron chi connectivity index (χ2n) is 5.09. The van der Waals surface area contributed by atoms with Crippen molar-refractivity contribution in [2.24, 2.45) is 5.73 Å². The lowest BCUT2D eigenvalue weighted by Crippen LogP contribution is -2.54. The van der Waals surface area contributed by atoms with E-state index in [1.807, 2.05) is 36.1 Å². The molecule has 0 radical (unpaired) electrons. The van der Waals surface area contributed by atoms with Crippen molar-refractivity contribution in [3.05, 3.63) is 40.0 Å². The molecule has 1 saturated heterocycles. The quantitative estimate of drug-likeness (QED) is 0.945. The van der Waals surface area contributed by atoms with Gasteiger partial charge in [-0.25, -0.2) is 4.98 Å². The van der Waals surface area contributed by atoms with Crippen molar-refractivity contribution in [2.45, 2.75) is 19.4 Å². The molecule has 110 valence electrons. The van der Waals surface area contributed by atoms with Crippen molar-refractivity contribution in [1.29, 1.82) is 0 Å². The van der Waals surface area contributed by atoms with E-state index in [4.69, 9.17) is 17.3 Å². The maximum Gasteiger partial charge on any atom is 0.274 e. The number of aromatic nitrogens is 1. The molecule has 6 heteroatoms. The molecule has 1 aromatic heterocycles. The van der Waals surface area contributed by atoms with Gasteiger partial charge in [0.05, 0.1) is 9.88 Å². The smallest absolute Gasteiger partial charge is 0.274 e. The fraction of sp³-hybridized carbons (Fsp3) is 0.333. The van der Waals surface area contributed by atoms with Gasteiger partial charge in [0.1, 0.15) is 5.69 Å². The van der Waals surface area contributed by atoms with Gasteiger partial charge >= 0.3 is 0 Å². The fourth-order valence-electron chi connectivity index (χ4n) is 2.46. The Morgan fingerprint density at radius 1 is 1.48 bits per heavy atom. The van der Waals surface area contributed by atoms with Crippen LogP contribution in [0.1, 0.15) is 21.9 Å². The highest BCUT2D eigenvalue weighted by Crippen LogP contribution is 2.33. The Hall–Kier alpha value is -1.43. The summed E-state index contributed by atoms with van der Waals surface area (Å²) >= 11 is 7.45. The Morgan fingerprint density at radius 3 is 2.76 bits per heavy atom. The first-order chi connectivity index (χ1) is 10.1. The number of benzene rings is 1.